The predicted molar refractivity (Wildman–Crippen MR) is 112 cm³/mol. The second-order valence-corrected chi connectivity index (χ2v) is 8.49. The molecular formula is C23H20F7N5O. The molecule has 13 heteroatoms. The first-order chi connectivity index (χ1) is 16.9. The van der Waals surface area contributed by atoms with E-state index >= 15 is 0 Å². The van der Waals surface area contributed by atoms with Gasteiger partial charge in [0.15, 0.2) is 17.5 Å². The molecule has 0 radical (unpaired) electrons. The van der Waals surface area contributed by atoms with Gasteiger partial charge in [-0.1, -0.05) is 12.1 Å². The summed E-state index contributed by atoms with van der Waals surface area (Å²) in [6, 6.07) is 4.33. The number of carbonyl (C=O) groups is 1. The molecule has 0 saturated carbocycles. The molecule has 0 aliphatic carbocycles. The largest absolute Gasteiger partial charge is 0.451 e. The van der Waals surface area contributed by atoms with Crippen molar-refractivity contribution in [2.24, 2.45) is 5.73 Å². The minimum atomic E-state index is -4.76. The number of nitrogens with two attached hydrogens (primary N) is 1. The molecule has 3 aromatic rings. The molecule has 1 aliphatic rings. The Kier molecular flexibility index (Phi) is 7.03. The van der Waals surface area contributed by atoms with Crippen LogP contribution in [-0.4, -0.2) is 38.2 Å². The van der Waals surface area contributed by atoms with Crippen LogP contribution in [0.5, 0.6) is 0 Å². The van der Waals surface area contributed by atoms with Gasteiger partial charge in [0.1, 0.15) is 11.6 Å². The number of aromatic nitrogens is 3. The lowest BCUT2D eigenvalue weighted by Gasteiger charge is -2.36. The smallest absolute Gasteiger partial charge is 0.330 e. The summed E-state index contributed by atoms with van der Waals surface area (Å²) in [5.74, 6) is -5.99. The summed E-state index contributed by atoms with van der Waals surface area (Å²) in [7, 11) is 0. The monoisotopic (exact) mass is 515 g/mol. The summed E-state index contributed by atoms with van der Waals surface area (Å²) in [4.78, 5) is 14.5. The fourth-order valence-electron chi connectivity index (χ4n) is 4.25. The maximum atomic E-state index is 14.0. The molecule has 4 rings (SSSR count). The number of fused-ring (bicyclic) bond motifs is 1. The van der Waals surface area contributed by atoms with Gasteiger partial charge in [-0.15, -0.1) is 10.2 Å². The molecule has 1 aromatic heterocycles. The summed E-state index contributed by atoms with van der Waals surface area (Å²) in [6.07, 6.45) is -5.36. The average Bonchev–Trinajstić information content (AvgIpc) is 3.24. The van der Waals surface area contributed by atoms with E-state index in [1.165, 1.54) is 29.2 Å². The minimum Gasteiger partial charge on any atom is -0.330 e. The zero-order valence-corrected chi connectivity index (χ0v) is 18.6. The van der Waals surface area contributed by atoms with Gasteiger partial charge in [0.2, 0.25) is 11.7 Å². The van der Waals surface area contributed by atoms with Crippen LogP contribution in [0.4, 0.5) is 30.7 Å². The van der Waals surface area contributed by atoms with Crippen molar-refractivity contribution in [2.45, 2.75) is 44.1 Å². The van der Waals surface area contributed by atoms with Gasteiger partial charge in [-0.2, -0.15) is 13.2 Å². The number of rotatable bonds is 6. The topological polar surface area (TPSA) is 77.0 Å². The second-order valence-electron chi connectivity index (χ2n) is 8.49. The van der Waals surface area contributed by atoms with Gasteiger partial charge in [-0.05, 0) is 35.7 Å². The molecule has 2 atom stereocenters. The zero-order valence-electron chi connectivity index (χ0n) is 18.6. The van der Waals surface area contributed by atoms with Gasteiger partial charge in [-0.25, -0.2) is 17.6 Å². The van der Waals surface area contributed by atoms with E-state index in [1.54, 1.807) is 0 Å². The lowest BCUT2D eigenvalue weighted by Crippen LogP contribution is -2.45. The van der Waals surface area contributed by atoms with Gasteiger partial charge < -0.3 is 15.2 Å². The molecule has 0 bridgehead atoms. The molecule has 2 aromatic carbocycles. The van der Waals surface area contributed by atoms with Crippen molar-refractivity contribution in [3.8, 4) is 0 Å². The van der Waals surface area contributed by atoms with E-state index in [4.69, 9.17) is 5.73 Å². The molecule has 6 nitrogen and oxygen atoms in total. The zero-order chi connectivity index (χ0) is 26.2. The molecule has 2 heterocycles. The Morgan fingerprint density at radius 2 is 1.67 bits per heavy atom. The van der Waals surface area contributed by atoms with Crippen LogP contribution in [0, 0.1) is 23.3 Å². The van der Waals surface area contributed by atoms with Crippen LogP contribution in [0.2, 0.25) is 0 Å². The van der Waals surface area contributed by atoms with Crippen LogP contribution < -0.4 is 5.73 Å². The first-order valence-corrected chi connectivity index (χ1v) is 10.9. The van der Waals surface area contributed by atoms with Crippen molar-refractivity contribution in [2.75, 3.05) is 6.54 Å². The Balaban J connectivity index is 1.57. The number of amides is 1. The number of alkyl halides is 3. The molecule has 36 heavy (non-hydrogen) atoms. The van der Waals surface area contributed by atoms with Crippen molar-refractivity contribution in [1.29, 1.82) is 0 Å². The van der Waals surface area contributed by atoms with Crippen LogP contribution in [-0.2, 0) is 30.4 Å². The summed E-state index contributed by atoms with van der Waals surface area (Å²) in [5.41, 5.74) is 6.31. The third kappa shape index (κ3) is 5.35. The number of benzene rings is 2. The maximum Gasteiger partial charge on any atom is 0.451 e. The third-order valence-corrected chi connectivity index (χ3v) is 5.94. The van der Waals surface area contributed by atoms with Crippen LogP contribution in [0.25, 0.3) is 0 Å². The molecule has 0 saturated heterocycles. The number of halogens is 7. The summed E-state index contributed by atoms with van der Waals surface area (Å²) in [6.45, 7) is -0.346. The van der Waals surface area contributed by atoms with Gasteiger partial charge in [-0.3, -0.25) is 4.79 Å². The van der Waals surface area contributed by atoms with E-state index < -0.39 is 53.3 Å². The Bertz CT molecular complexity index is 1260. The maximum absolute atomic E-state index is 14.0. The lowest BCUT2D eigenvalue weighted by atomic mass is 9.99. The third-order valence-electron chi connectivity index (χ3n) is 5.94. The van der Waals surface area contributed by atoms with E-state index in [1.807, 2.05) is 0 Å². The van der Waals surface area contributed by atoms with E-state index in [0.29, 0.717) is 17.7 Å². The van der Waals surface area contributed by atoms with Gasteiger partial charge in [0, 0.05) is 38.0 Å². The Morgan fingerprint density at radius 1 is 1.00 bits per heavy atom. The molecule has 1 aliphatic heterocycles. The van der Waals surface area contributed by atoms with Crippen LogP contribution in [0.15, 0.2) is 36.4 Å². The SMILES string of the molecule is N[C@@H](CC(=O)N1CCn2c(nnc2C(F)(F)F)[C@@H]1Cc1ccc(F)cc1)Cc1cc(F)c(F)cc1F. The van der Waals surface area contributed by atoms with Crippen molar-refractivity contribution in [3.05, 3.63) is 82.4 Å². The Morgan fingerprint density at radius 3 is 2.33 bits per heavy atom. The van der Waals surface area contributed by atoms with Crippen LogP contribution in [0.3, 0.4) is 0 Å². The fourth-order valence-corrected chi connectivity index (χ4v) is 4.25. The number of nitrogens with zero attached hydrogens (tertiary/aromatic N) is 4. The standard InChI is InChI=1S/C23H20F7N5O/c24-14-3-1-12(2-4-14)7-19-21-32-33-22(23(28,29)30)35(21)6-5-34(19)20(36)10-15(31)8-13-9-17(26)18(27)11-16(13)25/h1-4,9,11,15,19H,5-8,10,31H2/t15-,19+/m1/s1. The highest BCUT2D eigenvalue weighted by molar-refractivity contribution is 5.77. The average molecular weight is 515 g/mol. The minimum absolute atomic E-state index is 0.0229. The number of carbonyl (C=O) groups excluding carboxylic acids is 1. The molecule has 1 amide bonds. The van der Waals surface area contributed by atoms with E-state index in [0.717, 1.165) is 4.57 Å². The first-order valence-electron chi connectivity index (χ1n) is 10.9. The highest BCUT2D eigenvalue weighted by atomic mass is 19.4. The quantitative estimate of drug-likeness (QED) is 0.399. The van der Waals surface area contributed by atoms with Crippen LogP contribution >= 0.6 is 0 Å². The predicted octanol–water partition coefficient (Wildman–Crippen LogP) is 3.94. The number of hydrogen-bond donors (Lipinski definition) is 1. The van der Waals surface area contributed by atoms with Crippen molar-refractivity contribution >= 4 is 5.91 Å². The first kappa shape index (κ1) is 25.6. The lowest BCUT2D eigenvalue weighted by molar-refractivity contribution is -0.148. The highest BCUT2D eigenvalue weighted by Crippen LogP contribution is 2.34. The Labute approximate surface area is 200 Å². The van der Waals surface area contributed by atoms with E-state index in [-0.39, 0.29) is 43.7 Å². The molecule has 192 valence electrons. The van der Waals surface area contributed by atoms with E-state index in [9.17, 15) is 35.5 Å². The highest BCUT2D eigenvalue weighted by Gasteiger charge is 2.43. The van der Waals surface area contributed by atoms with Gasteiger partial charge >= 0.3 is 6.18 Å². The van der Waals surface area contributed by atoms with Crippen LogP contribution in [0.1, 0.15) is 35.2 Å². The van der Waals surface area contributed by atoms with Crippen molar-refractivity contribution in [3.63, 3.8) is 0 Å². The van der Waals surface area contributed by atoms with Gasteiger partial charge in [0.05, 0.1) is 6.04 Å². The number of hydrogen-bond acceptors (Lipinski definition) is 4. The molecule has 0 spiro atoms. The molecule has 2 N–H and O–H groups in total. The summed E-state index contributed by atoms with van der Waals surface area (Å²) in [5, 5.41) is 6.96. The molecule has 0 fully saturated rings. The Hall–Kier alpha value is -3.48. The normalized spacial score (nSPS) is 16.7. The van der Waals surface area contributed by atoms with Crippen molar-refractivity contribution in [1.82, 2.24) is 19.7 Å². The fraction of sp³-hybridized carbons (Fsp3) is 0.348. The molecule has 0 unspecified atom stereocenters. The van der Waals surface area contributed by atoms with Gasteiger partial charge in [0.25, 0.3) is 0 Å². The van der Waals surface area contributed by atoms with Crippen molar-refractivity contribution < 1.29 is 35.5 Å². The summed E-state index contributed by atoms with van der Waals surface area (Å²) < 4.78 is 95.1. The molecular weight excluding hydrogens is 495 g/mol. The second kappa shape index (κ2) is 9.88. The van der Waals surface area contributed by atoms with E-state index in [2.05, 4.69) is 10.2 Å². The summed E-state index contributed by atoms with van der Waals surface area (Å²) >= 11 is 0.